The van der Waals surface area contributed by atoms with E-state index < -0.39 is 17.9 Å². The number of carbonyl (C=O) groups is 1. The zero-order valence-electron chi connectivity index (χ0n) is 15.0. The standard InChI is InChI=1S/C17H22F3N5O/c1-4-13(16(26)21-10(2)12-8-9-24(3)22-12)25-14-7-5-6-11(14)15(23-25)17(18,19)20/h8-10,13H,4-7H2,1-3H3,(H,21,26). The third-order valence-electron chi connectivity index (χ3n) is 4.75. The lowest BCUT2D eigenvalue weighted by Crippen LogP contribution is -2.35. The van der Waals surface area contributed by atoms with Gasteiger partial charge in [0.15, 0.2) is 5.69 Å². The molecule has 2 atom stereocenters. The number of amides is 1. The first-order chi connectivity index (χ1) is 12.2. The Hall–Kier alpha value is -2.32. The van der Waals surface area contributed by atoms with E-state index in [9.17, 15) is 18.0 Å². The van der Waals surface area contributed by atoms with Gasteiger partial charge in [0.25, 0.3) is 0 Å². The van der Waals surface area contributed by atoms with Crippen LogP contribution in [0.3, 0.4) is 0 Å². The number of carbonyl (C=O) groups excluding carboxylic acids is 1. The Morgan fingerprint density at radius 3 is 2.65 bits per heavy atom. The summed E-state index contributed by atoms with van der Waals surface area (Å²) in [6.07, 6.45) is -0.865. The van der Waals surface area contributed by atoms with Gasteiger partial charge in [-0.25, -0.2) is 0 Å². The molecule has 9 heteroatoms. The normalized spacial score (nSPS) is 16.4. The lowest BCUT2D eigenvalue weighted by Gasteiger charge is -2.20. The fourth-order valence-electron chi connectivity index (χ4n) is 3.47. The highest BCUT2D eigenvalue weighted by atomic mass is 19.4. The van der Waals surface area contributed by atoms with Gasteiger partial charge in [-0.1, -0.05) is 6.92 Å². The molecule has 142 valence electrons. The number of fused-ring (bicyclic) bond motifs is 1. The van der Waals surface area contributed by atoms with E-state index in [1.807, 2.05) is 0 Å². The number of halogens is 3. The number of aromatic nitrogens is 4. The van der Waals surface area contributed by atoms with Gasteiger partial charge >= 0.3 is 6.18 Å². The highest BCUT2D eigenvalue weighted by Gasteiger charge is 2.41. The van der Waals surface area contributed by atoms with Gasteiger partial charge in [0.2, 0.25) is 5.91 Å². The molecular weight excluding hydrogens is 347 g/mol. The summed E-state index contributed by atoms with van der Waals surface area (Å²) in [6.45, 7) is 3.56. The second-order valence-corrected chi connectivity index (χ2v) is 6.64. The monoisotopic (exact) mass is 369 g/mol. The van der Waals surface area contributed by atoms with E-state index in [1.54, 1.807) is 37.8 Å². The molecule has 0 aliphatic heterocycles. The lowest BCUT2D eigenvalue weighted by atomic mass is 10.1. The summed E-state index contributed by atoms with van der Waals surface area (Å²) in [6, 6.07) is 0.673. The van der Waals surface area contributed by atoms with Crippen LogP contribution in [0.1, 0.15) is 61.4 Å². The maximum Gasteiger partial charge on any atom is 0.435 e. The molecule has 1 amide bonds. The Bertz CT molecular complexity index is 808. The summed E-state index contributed by atoms with van der Waals surface area (Å²) in [5.74, 6) is -0.350. The van der Waals surface area contributed by atoms with Crippen LogP contribution in [0.5, 0.6) is 0 Å². The first-order valence-corrected chi connectivity index (χ1v) is 8.69. The Labute approximate surface area is 149 Å². The van der Waals surface area contributed by atoms with Gasteiger partial charge in [0.05, 0.1) is 11.7 Å². The third kappa shape index (κ3) is 3.34. The minimum Gasteiger partial charge on any atom is -0.346 e. The molecule has 6 nitrogen and oxygen atoms in total. The van der Waals surface area contributed by atoms with Gasteiger partial charge in [-0.05, 0) is 38.7 Å². The average Bonchev–Trinajstić information content (AvgIpc) is 3.24. The summed E-state index contributed by atoms with van der Waals surface area (Å²) in [5.41, 5.74) is 0.609. The Morgan fingerprint density at radius 2 is 2.08 bits per heavy atom. The highest BCUT2D eigenvalue weighted by Crippen LogP contribution is 2.37. The van der Waals surface area contributed by atoms with Gasteiger partial charge in [-0.3, -0.25) is 14.2 Å². The van der Waals surface area contributed by atoms with Crippen molar-refractivity contribution in [2.75, 3.05) is 0 Å². The molecule has 0 saturated carbocycles. The smallest absolute Gasteiger partial charge is 0.346 e. The van der Waals surface area contributed by atoms with Crippen LogP contribution in [-0.4, -0.2) is 25.5 Å². The SMILES string of the molecule is CCC(C(=O)NC(C)c1ccn(C)n1)n1nc(C(F)(F)F)c2c1CCC2. The predicted octanol–water partition coefficient (Wildman–Crippen LogP) is 2.95. The molecule has 2 aromatic rings. The highest BCUT2D eigenvalue weighted by molar-refractivity contribution is 5.80. The number of hydrogen-bond donors (Lipinski definition) is 1. The number of aryl methyl sites for hydroxylation is 1. The van der Waals surface area contributed by atoms with Crippen LogP contribution >= 0.6 is 0 Å². The maximum atomic E-state index is 13.3. The Kier molecular flexibility index (Phi) is 4.81. The van der Waals surface area contributed by atoms with E-state index in [1.165, 1.54) is 4.68 Å². The van der Waals surface area contributed by atoms with Crippen molar-refractivity contribution < 1.29 is 18.0 Å². The molecule has 0 spiro atoms. The predicted molar refractivity (Wildman–Crippen MR) is 88.3 cm³/mol. The lowest BCUT2D eigenvalue weighted by molar-refractivity contribution is -0.142. The summed E-state index contributed by atoms with van der Waals surface area (Å²) in [5, 5.41) is 10.9. The van der Waals surface area contributed by atoms with Crippen molar-refractivity contribution in [3.05, 3.63) is 34.9 Å². The second-order valence-electron chi connectivity index (χ2n) is 6.64. The zero-order valence-corrected chi connectivity index (χ0v) is 15.0. The van der Waals surface area contributed by atoms with Crippen LogP contribution in [0, 0.1) is 0 Å². The van der Waals surface area contributed by atoms with Crippen LogP contribution in [-0.2, 0) is 30.9 Å². The maximum absolute atomic E-state index is 13.3. The third-order valence-corrected chi connectivity index (χ3v) is 4.75. The Morgan fingerprint density at radius 1 is 1.35 bits per heavy atom. The summed E-state index contributed by atoms with van der Waals surface area (Å²) in [4.78, 5) is 12.7. The van der Waals surface area contributed by atoms with Crippen LogP contribution < -0.4 is 5.32 Å². The molecule has 0 fully saturated rings. The number of hydrogen-bond acceptors (Lipinski definition) is 3. The fraction of sp³-hybridized carbons (Fsp3) is 0.588. The molecule has 0 aromatic carbocycles. The van der Waals surface area contributed by atoms with Gasteiger partial charge in [0.1, 0.15) is 6.04 Å². The van der Waals surface area contributed by atoms with E-state index in [2.05, 4.69) is 15.5 Å². The van der Waals surface area contributed by atoms with Crippen molar-refractivity contribution in [3.8, 4) is 0 Å². The number of nitrogens with zero attached hydrogens (tertiary/aromatic N) is 4. The van der Waals surface area contributed by atoms with E-state index in [-0.39, 0.29) is 17.5 Å². The molecule has 2 heterocycles. The summed E-state index contributed by atoms with van der Waals surface area (Å²) in [7, 11) is 1.78. The first kappa shape index (κ1) is 18.5. The van der Waals surface area contributed by atoms with E-state index in [0.29, 0.717) is 37.1 Å². The quantitative estimate of drug-likeness (QED) is 0.881. The fourth-order valence-corrected chi connectivity index (χ4v) is 3.47. The largest absolute Gasteiger partial charge is 0.435 e. The first-order valence-electron chi connectivity index (χ1n) is 8.69. The van der Waals surface area contributed by atoms with Gasteiger partial charge in [-0.2, -0.15) is 23.4 Å². The zero-order chi connectivity index (χ0) is 19.1. The van der Waals surface area contributed by atoms with Crippen molar-refractivity contribution >= 4 is 5.91 Å². The minimum absolute atomic E-state index is 0.238. The van der Waals surface area contributed by atoms with Crippen molar-refractivity contribution in [1.82, 2.24) is 24.9 Å². The number of alkyl halides is 3. The number of nitrogens with one attached hydrogen (secondary N) is 1. The molecule has 0 bridgehead atoms. The van der Waals surface area contributed by atoms with Gasteiger partial charge in [-0.15, -0.1) is 0 Å². The molecule has 2 unspecified atom stereocenters. The molecule has 2 aromatic heterocycles. The van der Waals surface area contributed by atoms with E-state index in [0.717, 1.165) is 0 Å². The summed E-state index contributed by atoms with van der Waals surface area (Å²) < 4.78 is 42.7. The molecule has 3 rings (SSSR count). The van der Waals surface area contributed by atoms with Crippen LogP contribution in [0.2, 0.25) is 0 Å². The van der Waals surface area contributed by atoms with Crippen LogP contribution in [0.25, 0.3) is 0 Å². The molecule has 1 N–H and O–H groups in total. The topological polar surface area (TPSA) is 64.7 Å². The van der Waals surface area contributed by atoms with E-state index in [4.69, 9.17) is 0 Å². The van der Waals surface area contributed by atoms with Crippen LogP contribution in [0.15, 0.2) is 12.3 Å². The van der Waals surface area contributed by atoms with Crippen LogP contribution in [0.4, 0.5) is 13.2 Å². The molecular formula is C17H22F3N5O. The van der Waals surface area contributed by atoms with Gasteiger partial charge < -0.3 is 5.32 Å². The van der Waals surface area contributed by atoms with Crippen molar-refractivity contribution in [2.24, 2.45) is 7.05 Å². The van der Waals surface area contributed by atoms with E-state index >= 15 is 0 Å². The van der Waals surface area contributed by atoms with Gasteiger partial charge in [0, 0.05) is 24.5 Å². The molecule has 0 radical (unpaired) electrons. The molecule has 26 heavy (non-hydrogen) atoms. The average molecular weight is 369 g/mol. The second kappa shape index (κ2) is 6.77. The Balaban J connectivity index is 1.86. The molecule has 1 aliphatic rings. The minimum atomic E-state index is -4.50. The molecule has 1 aliphatic carbocycles. The van der Waals surface area contributed by atoms with Crippen molar-refractivity contribution in [3.63, 3.8) is 0 Å². The van der Waals surface area contributed by atoms with Crippen molar-refractivity contribution in [2.45, 2.75) is 57.8 Å². The summed E-state index contributed by atoms with van der Waals surface area (Å²) >= 11 is 0. The van der Waals surface area contributed by atoms with Crippen molar-refractivity contribution in [1.29, 1.82) is 0 Å². The molecule has 0 saturated heterocycles. The number of rotatable bonds is 5.